The van der Waals surface area contributed by atoms with Crippen molar-refractivity contribution in [2.45, 2.75) is 12.1 Å². The van der Waals surface area contributed by atoms with Crippen LogP contribution in [0.25, 0.3) is 11.3 Å². The van der Waals surface area contributed by atoms with E-state index in [0.29, 0.717) is 10.7 Å². The molecule has 3 aromatic rings. The lowest BCUT2D eigenvalue weighted by molar-refractivity contribution is -0.119. The van der Waals surface area contributed by atoms with Gasteiger partial charge in [-0.05, 0) is 25.1 Å². The minimum absolute atomic E-state index is 0.0900. The van der Waals surface area contributed by atoms with E-state index in [1.54, 1.807) is 24.3 Å². The summed E-state index contributed by atoms with van der Waals surface area (Å²) in [5.41, 5.74) is 7.88. The largest absolute Gasteiger partial charge is 0.272 e. The summed E-state index contributed by atoms with van der Waals surface area (Å²) in [5.74, 6) is -0.616. The Kier molecular flexibility index (Phi) is 6.17. The molecule has 0 aliphatic heterocycles. The van der Waals surface area contributed by atoms with E-state index in [2.05, 4.69) is 20.8 Å². The van der Waals surface area contributed by atoms with Crippen molar-refractivity contribution in [2.75, 3.05) is 5.75 Å². The van der Waals surface area contributed by atoms with Crippen molar-refractivity contribution in [3.05, 3.63) is 78.0 Å². The molecule has 0 radical (unpaired) electrons. The van der Waals surface area contributed by atoms with Gasteiger partial charge in [0.05, 0.1) is 11.4 Å². The molecule has 27 heavy (non-hydrogen) atoms. The maximum absolute atomic E-state index is 12.0. The van der Waals surface area contributed by atoms with Gasteiger partial charge < -0.3 is 0 Å². The van der Waals surface area contributed by atoms with Gasteiger partial charge in [0.1, 0.15) is 0 Å². The summed E-state index contributed by atoms with van der Waals surface area (Å²) in [6.07, 6.45) is 0. The van der Waals surface area contributed by atoms with Crippen molar-refractivity contribution in [1.29, 1.82) is 0 Å². The van der Waals surface area contributed by atoms with Crippen LogP contribution in [0.4, 0.5) is 0 Å². The SMILES string of the molecule is Cc1cc(-c2ccccc2)nc(SCC(=O)NNC(=O)c2ccccc2)n1. The molecular formula is C20H18N4O2S. The predicted molar refractivity (Wildman–Crippen MR) is 105 cm³/mol. The summed E-state index contributed by atoms with van der Waals surface area (Å²) < 4.78 is 0. The lowest BCUT2D eigenvalue weighted by Crippen LogP contribution is -2.42. The van der Waals surface area contributed by atoms with Gasteiger partial charge in [-0.15, -0.1) is 0 Å². The molecule has 3 rings (SSSR count). The first-order chi connectivity index (χ1) is 13.1. The summed E-state index contributed by atoms with van der Waals surface area (Å²) in [7, 11) is 0. The van der Waals surface area contributed by atoms with E-state index in [0.717, 1.165) is 17.0 Å². The second kappa shape index (κ2) is 8.95. The average Bonchev–Trinajstić information content (AvgIpc) is 2.71. The maximum Gasteiger partial charge on any atom is 0.269 e. The molecule has 0 fully saturated rings. The van der Waals surface area contributed by atoms with Crippen LogP contribution in [0, 0.1) is 6.92 Å². The molecule has 1 heterocycles. The Balaban J connectivity index is 1.56. The van der Waals surface area contributed by atoms with Gasteiger partial charge in [0.25, 0.3) is 5.91 Å². The number of nitrogens with one attached hydrogen (secondary N) is 2. The number of hydrogen-bond donors (Lipinski definition) is 2. The molecule has 0 atom stereocenters. The number of amides is 2. The molecule has 0 saturated carbocycles. The first-order valence-electron chi connectivity index (χ1n) is 8.30. The molecule has 0 bridgehead atoms. The highest BCUT2D eigenvalue weighted by Gasteiger charge is 2.10. The molecule has 0 saturated heterocycles. The molecule has 2 amide bonds. The molecule has 2 aromatic carbocycles. The fraction of sp³-hybridized carbons (Fsp3) is 0.100. The summed E-state index contributed by atoms with van der Waals surface area (Å²) in [5, 5.41) is 0.512. The van der Waals surface area contributed by atoms with E-state index in [1.165, 1.54) is 11.8 Å². The van der Waals surface area contributed by atoms with Gasteiger partial charge in [-0.25, -0.2) is 9.97 Å². The van der Waals surface area contributed by atoms with Gasteiger partial charge >= 0.3 is 0 Å². The number of nitrogens with zero attached hydrogens (tertiary/aromatic N) is 2. The van der Waals surface area contributed by atoms with Crippen LogP contribution in [-0.2, 0) is 4.79 Å². The van der Waals surface area contributed by atoms with E-state index in [9.17, 15) is 9.59 Å². The Morgan fingerprint density at radius 1 is 0.926 bits per heavy atom. The maximum atomic E-state index is 12.0. The highest BCUT2D eigenvalue weighted by Crippen LogP contribution is 2.21. The van der Waals surface area contributed by atoms with Crippen LogP contribution in [0.2, 0.25) is 0 Å². The molecule has 0 spiro atoms. The van der Waals surface area contributed by atoms with Gasteiger partial charge in [-0.2, -0.15) is 0 Å². The van der Waals surface area contributed by atoms with Gasteiger partial charge in [-0.3, -0.25) is 20.4 Å². The van der Waals surface area contributed by atoms with E-state index in [-0.39, 0.29) is 17.6 Å². The molecular weight excluding hydrogens is 360 g/mol. The monoisotopic (exact) mass is 378 g/mol. The first-order valence-corrected chi connectivity index (χ1v) is 9.28. The summed E-state index contributed by atoms with van der Waals surface area (Å²) in [6, 6.07) is 20.4. The Labute approximate surface area is 161 Å². The minimum Gasteiger partial charge on any atom is -0.272 e. The topological polar surface area (TPSA) is 84.0 Å². The molecule has 0 aliphatic rings. The highest BCUT2D eigenvalue weighted by molar-refractivity contribution is 7.99. The number of rotatable bonds is 5. The lowest BCUT2D eigenvalue weighted by atomic mass is 10.1. The summed E-state index contributed by atoms with van der Waals surface area (Å²) in [6.45, 7) is 1.89. The number of thioether (sulfide) groups is 1. The fourth-order valence-electron chi connectivity index (χ4n) is 2.32. The Morgan fingerprint density at radius 3 is 2.30 bits per heavy atom. The third kappa shape index (κ3) is 5.39. The Bertz CT molecular complexity index is 933. The Hall–Kier alpha value is -3.19. The highest BCUT2D eigenvalue weighted by atomic mass is 32.2. The number of hydrogen-bond acceptors (Lipinski definition) is 5. The number of carbonyl (C=O) groups is 2. The van der Waals surface area contributed by atoms with E-state index in [4.69, 9.17) is 0 Å². The molecule has 7 heteroatoms. The first kappa shape index (κ1) is 18.6. The molecule has 2 N–H and O–H groups in total. The van der Waals surface area contributed by atoms with Crippen molar-refractivity contribution in [3.63, 3.8) is 0 Å². The zero-order valence-electron chi connectivity index (χ0n) is 14.7. The van der Waals surface area contributed by atoms with Crippen LogP contribution in [0.3, 0.4) is 0 Å². The van der Waals surface area contributed by atoms with Crippen LogP contribution in [0.5, 0.6) is 0 Å². The summed E-state index contributed by atoms with van der Waals surface area (Å²) in [4.78, 5) is 32.8. The molecule has 1 aromatic heterocycles. The van der Waals surface area contributed by atoms with Crippen molar-refractivity contribution in [1.82, 2.24) is 20.8 Å². The second-order valence-corrected chi connectivity index (χ2v) is 6.64. The van der Waals surface area contributed by atoms with Gasteiger partial charge in [-0.1, -0.05) is 60.3 Å². The Morgan fingerprint density at radius 2 is 1.59 bits per heavy atom. The molecule has 6 nitrogen and oxygen atoms in total. The zero-order valence-corrected chi connectivity index (χ0v) is 15.5. The number of benzene rings is 2. The van der Waals surface area contributed by atoms with Crippen LogP contribution in [0.15, 0.2) is 71.9 Å². The third-order valence-corrected chi connectivity index (χ3v) is 4.43. The van der Waals surface area contributed by atoms with Crippen LogP contribution in [0.1, 0.15) is 16.1 Å². The number of aromatic nitrogens is 2. The van der Waals surface area contributed by atoms with Crippen molar-refractivity contribution in [3.8, 4) is 11.3 Å². The smallest absolute Gasteiger partial charge is 0.269 e. The minimum atomic E-state index is -0.368. The van der Waals surface area contributed by atoms with Gasteiger partial charge in [0.15, 0.2) is 5.16 Å². The van der Waals surface area contributed by atoms with Gasteiger partial charge in [0.2, 0.25) is 5.91 Å². The van der Waals surface area contributed by atoms with Crippen LogP contribution in [-0.4, -0.2) is 27.5 Å². The quantitative estimate of drug-likeness (QED) is 0.405. The van der Waals surface area contributed by atoms with E-state index >= 15 is 0 Å². The normalized spacial score (nSPS) is 10.3. The molecule has 0 aliphatic carbocycles. The standard InChI is InChI=1S/C20H18N4O2S/c1-14-12-17(15-8-4-2-5-9-15)22-20(21-14)27-13-18(25)23-24-19(26)16-10-6-3-7-11-16/h2-12H,13H2,1H3,(H,23,25)(H,24,26). The molecule has 0 unspecified atom stereocenters. The average molecular weight is 378 g/mol. The number of aryl methyl sites for hydroxylation is 1. The van der Waals surface area contributed by atoms with Crippen LogP contribution >= 0.6 is 11.8 Å². The predicted octanol–water partition coefficient (Wildman–Crippen LogP) is 3.01. The number of carbonyl (C=O) groups excluding carboxylic acids is 2. The number of hydrazine groups is 1. The zero-order chi connectivity index (χ0) is 19.1. The summed E-state index contributed by atoms with van der Waals surface area (Å²) >= 11 is 1.21. The van der Waals surface area contributed by atoms with Crippen molar-refractivity contribution in [2.24, 2.45) is 0 Å². The fourth-order valence-corrected chi connectivity index (χ4v) is 3.02. The second-order valence-electron chi connectivity index (χ2n) is 5.70. The van der Waals surface area contributed by atoms with Crippen molar-refractivity contribution >= 4 is 23.6 Å². The molecule has 136 valence electrons. The lowest BCUT2D eigenvalue weighted by Gasteiger charge is -2.08. The van der Waals surface area contributed by atoms with Gasteiger partial charge in [0, 0.05) is 16.8 Å². The van der Waals surface area contributed by atoms with E-state index in [1.807, 2.05) is 49.4 Å². The van der Waals surface area contributed by atoms with Crippen molar-refractivity contribution < 1.29 is 9.59 Å². The van der Waals surface area contributed by atoms with E-state index < -0.39 is 0 Å². The van der Waals surface area contributed by atoms with Crippen LogP contribution < -0.4 is 10.9 Å². The third-order valence-electron chi connectivity index (χ3n) is 3.59.